The molecule has 1 amide bonds. The van der Waals surface area contributed by atoms with Crippen LogP contribution in [0.5, 0.6) is 0 Å². The molecule has 0 aliphatic heterocycles. The molecule has 0 saturated carbocycles. The molecule has 0 saturated heterocycles. The van der Waals surface area contributed by atoms with Crippen LogP contribution in [-0.4, -0.2) is 50.8 Å². The van der Waals surface area contributed by atoms with E-state index in [1.165, 1.54) is 0 Å². The molecule has 0 radical (unpaired) electrons. The fourth-order valence-electron chi connectivity index (χ4n) is 1.63. The van der Waals surface area contributed by atoms with Crippen molar-refractivity contribution in [2.45, 2.75) is 19.4 Å². The molecular weight excluding hydrogens is 286 g/mol. The van der Waals surface area contributed by atoms with Crippen molar-refractivity contribution in [2.75, 3.05) is 39.6 Å². The Labute approximate surface area is 131 Å². The number of carbonyl (C=O) groups is 1. The van der Waals surface area contributed by atoms with Crippen molar-refractivity contribution in [1.29, 1.82) is 0 Å². The van der Waals surface area contributed by atoms with Crippen LogP contribution in [0.3, 0.4) is 0 Å². The second-order valence-corrected chi connectivity index (χ2v) is 4.64. The van der Waals surface area contributed by atoms with Crippen LogP contribution >= 0.6 is 0 Å². The zero-order chi connectivity index (χ0) is 15.9. The lowest BCUT2D eigenvalue weighted by Gasteiger charge is -2.08. The second-order valence-electron chi connectivity index (χ2n) is 4.64. The Balaban J connectivity index is 1.87. The standard InChI is InChI=1S/C16H25NO5/c18-9-5-11-21-13-12-20-10-4-8-17-16(19)22-14-15-6-2-1-3-7-15/h1-3,6-7,18H,4-5,8-14H2,(H,17,19). The summed E-state index contributed by atoms with van der Waals surface area (Å²) in [7, 11) is 0. The van der Waals surface area contributed by atoms with Gasteiger partial charge in [0, 0.05) is 26.4 Å². The molecule has 0 atom stereocenters. The third-order valence-corrected chi connectivity index (χ3v) is 2.77. The summed E-state index contributed by atoms with van der Waals surface area (Å²) in [5.74, 6) is 0. The molecule has 1 aromatic rings. The van der Waals surface area contributed by atoms with E-state index in [2.05, 4.69) is 5.32 Å². The van der Waals surface area contributed by atoms with Gasteiger partial charge in [-0.3, -0.25) is 0 Å². The van der Waals surface area contributed by atoms with E-state index in [0.717, 1.165) is 12.0 Å². The number of hydrogen-bond acceptors (Lipinski definition) is 5. The van der Waals surface area contributed by atoms with Gasteiger partial charge < -0.3 is 24.6 Å². The first-order valence-electron chi connectivity index (χ1n) is 7.54. The van der Waals surface area contributed by atoms with Crippen LogP contribution in [0.1, 0.15) is 18.4 Å². The molecule has 1 rings (SSSR count). The molecule has 124 valence electrons. The summed E-state index contributed by atoms with van der Waals surface area (Å²) in [4.78, 5) is 11.4. The van der Waals surface area contributed by atoms with Crippen LogP contribution in [0.25, 0.3) is 0 Å². The fraction of sp³-hybridized carbons (Fsp3) is 0.562. The van der Waals surface area contributed by atoms with Crippen molar-refractivity contribution < 1.29 is 24.1 Å². The Morgan fingerprint density at radius 1 is 1.00 bits per heavy atom. The number of aliphatic hydroxyl groups is 1. The van der Waals surface area contributed by atoms with Crippen molar-refractivity contribution in [3.05, 3.63) is 35.9 Å². The first-order chi connectivity index (χ1) is 10.8. The monoisotopic (exact) mass is 311 g/mol. The van der Waals surface area contributed by atoms with Crippen molar-refractivity contribution in [2.24, 2.45) is 0 Å². The van der Waals surface area contributed by atoms with Crippen molar-refractivity contribution in [3.63, 3.8) is 0 Å². The summed E-state index contributed by atoms with van der Waals surface area (Å²) in [5, 5.41) is 11.2. The van der Waals surface area contributed by atoms with E-state index >= 15 is 0 Å². The van der Waals surface area contributed by atoms with Crippen LogP contribution in [0.2, 0.25) is 0 Å². The van der Waals surface area contributed by atoms with Gasteiger partial charge in [0.2, 0.25) is 0 Å². The second kappa shape index (κ2) is 13.1. The number of amides is 1. The topological polar surface area (TPSA) is 77.0 Å². The first kappa shape index (κ1) is 18.4. The number of benzene rings is 1. The Hall–Kier alpha value is -1.63. The molecule has 0 aliphatic rings. The van der Waals surface area contributed by atoms with Crippen LogP contribution < -0.4 is 5.32 Å². The van der Waals surface area contributed by atoms with Gasteiger partial charge in [-0.2, -0.15) is 0 Å². The lowest BCUT2D eigenvalue weighted by Crippen LogP contribution is -2.26. The Kier molecular flexibility index (Phi) is 10.9. The molecule has 0 unspecified atom stereocenters. The third kappa shape index (κ3) is 10.1. The molecule has 1 aromatic carbocycles. The maximum atomic E-state index is 11.4. The molecule has 0 fully saturated rings. The molecule has 6 heteroatoms. The van der Waals surface area contributed by atoms with Crippen molar-refractivity contribution in [3.8, 4) is 0 Å². The van der Waals surface area contributed by atoms with E-state index in [4.69, 9.17) is 19.3 Å². The number of alkyl carbamates (subject to hydrolysis) is 1. The van der Waals surface area contributed by atoms with Gasteiger partial charge in [-0.05, 0) is 18.4 Å². The summed E-state index contributed by atoms with van der Waals surface area (Å²) in [6.07, 6.45) is 0.947. The summed E-state index contributed by atoms with van der Waals surface area (Å²) in [6.45, 7) is 3.08. The summed E-state index contributed by atoms with van der Waals surface area (Å²) < 4.78 is 15.6. The quantitative estimate of drug-likeness (QED) is 0.575. The van der Waals surface area contributed by atoms with E-state index in [1.54, 1.807) is 0 Å². The number of rotatable bonds is 12. The highest BCUT2D eigenvalue weighted by Crippen LogP contribution is 2.00. The van der Waals surface area contributed by atoms with Gasteiger partial charge in [0.1, 0.15) is 6.61 Å². The van der Waals surface area contributed by atoms with Gasteiger partial charge in [0.25, 0.3) is 0 Å². The van der Waals surface area contributed by atoms with Crippen molar-refractivity contribution >= 4 is 6.09 Å². The van der Waals surface area contributed by atoms with Gasteiger partial charge >= 0.3 is 6.09 Å². The van der Waals surface area contributed by atoms with E-state index in [0.29, 0.717) is 39.4 Å². The average molecular weight is 311 g/mol. The van der Waals surface area contributed by atoms with Crippen LogP contribution in [0, 0.1) is 0 Å². The van der Waals surface area contributed by atoms with Gasteiger partial charge in [0.15, 0.2) is 0 Å². The van der Waals surface area contributed by atoms with E-state index in [1.807, 2.05) is 30.3 Å². The first-order valence-corrected chi connectivity index (χ1v) is 7.54. The zero-order valence-electron chi connectivity index (χ0n) is 12.8. The molecule has 6 nitrogen and oxygen atoms in total. The molecule has 0 aromatic heterocycles. The maximum absolute atomic E-state index is 11.4. The lowest BCUT2D eigenvalue weighted by atomic mass is 10.2. The van der Waals surface area contributed by atoms with Gasteiger partial charge in [-0.25, -0.2) is 4.79 Å². The van der Waals surface area contributed by atoms with Gasteiger partial charge in [-0.15, -0.1) is 0 Å². The normalized spacial score (nSPS) is 10.4. The minimum atomic E-state index is -0.420. The SMILES string of the molecule is O=C(NCCCOCCOCCCO)OCc1ccccc1. The summed E-state index contributed by atoms with van der Waals surface area (Å²) in [6, 6.07) is 9.54. The molecule has 0 heterocycles. The molecular formula is C16H25NO5. The highest BCUT2D eigenvalue weighted by Gasteiger charge is 2.01. The van der Waals surface area contributed by atoms with E-state index in [-0.39, 0.29) is 13.2 Å². The lowest BCUT2D eigenvalue weighted by molar-refractivity contribution is 0.0418. The predicted octanol–water partition coefficient (Wildman–Crippen LogP) is 1.72. The minimum Gasteiger partial charge on any atom is -0.445 e. The summed E-state index contributed by atoms with van der Waals surface area (Å²) in [5.41, 5.74) is 0.960. The highest BCUT2D eigenvalue weighted by atomic mass is 16.5. The number of carbonyl (C=O) groups excluding carboxylic acids is 1. The number of hydrogen-bond donors (Lipinski definition) is 2. The van der Waals surface area contributed by atoms with Gasteiger partial charge in [-0.1, -0.05) is 30.3 Å². The van der Waals surface area contributed by atoms with Crippen LogP contribution in [-0.2, 0) is 20.8 Å². The highest BCUT2D eigenvalue weighted by molar-refractivity contribution is 5.67. The Morgan fingerprint density at radius 2 is 1.68 bits per heavy atom. The number of nitrogens with one attached hydrogen (secondary N) is 1. The zero-order valence-corrected chi connectivity index (χ0v) is 12.8. The molecule has 0 bridgehead atoms. The predicted molar refractivity (Wildman–Crippen MR) is 82.6 cm³/mol. The molecule has 22 heavy (non-hydrogen) atoms. The van der Waals surface area contributed by atoms with Crippen molar-refractivity contribution in [1.82, 2.24) is 5.32 Å². The smallest absolute Gasteiger partial charge is 0.407 e. The average Bonchev–Trinajstić information content (AvgIpc) is 2.55. The Morgan fingerprint density at radius 3 is 2.36 bits per heavy atom. The van der Waals surface area contributed by atoms with Gasteiger partial charge in [0.05, 0.1) is 13.2 Å². The minimum absolute atomic E-state index is 0.146. The van der Waals surface area contributed by atoms with E-state index < -0.39 is 6.09 Å². The molecule has 2 N–H and O–H groups in total. The molecule has 0 aliphatic carbocycles. The van der Waals surface area contributed by atoms with E-state index in [9.17, 15) is 4.79 Å². The largest absolute Gasteiger partial charge is 0.445 e. The summed E-state index contributed by atoms with van der Waals surface area (Å²) >= 11 is 0. The molecule has 0 spiro atoms. The fourth-order valence-corrected chi connectivity index (χ4v) is 1.63. The third-order valence-electron chi connectivity index (χ3n) is 2.77. The van der Waals surface area contributed by atoms with Crippen LogP contribution in [0.4, 0.5) is 4.79 Å². The number of ether oxygens (including phenoxy) is 3. The Bertz CT molecular complexity index is 385. The number of aliphatic hydroxyl groups excluding tert-OH is 1. The maximum Gasteiger partial charge on any atom is 0.407 e. The van der Waals surface area contributed by atoms with Crippen LogP contribution in [0.15, 0.2) is 30.3 Å².